The average Bonchev–Trinajstić information content (AvgIpc) is 3.12. The molecule has 7 heteroatoms. The van der Waals surface area contributed by atoms with Crippen LogP contribution in [0.25, 0.3) is 0 Å². The number of carbonyl (C=O) groups excluding carboxylic acids is 1. The summed E-state index contributed by atoms with van der Waals surface area (Å²) in [6, 6.07) is 11.3. The number of hydrogen-bond acceptors (Lipinski definition) is 4. The Morgan fingerprint density at radius 2 is 1.76 bits per heavy atom. The molecule has 1 saturated heterocycles. The monoisotopic (exact) mass is 363 g/mol. The average molecular weight is 363 g/mol. The van der Waals surface area contributed by atoms with E-state index in [1.54, 1.807) is 12.1 Å². The van der Waals surface area contributed by atoms with E-state index < -0.39 is 16.0 Å². The zero-order chi connectivity index (χ0) is 18.0. The Morgan fingerprint density at radius 3 is 2.36 bits per heavy atom. The third-order valence-corrected chi connectivity index (χ3v) is 6.26. The second kappa shape index (κ2) is 6.93. The Bertz CT molecular complexity index is 863. The lowest BCUT2D eigenvalue weighted by molar-refractivity contribution is 0.0600. The summed E-state index contributed by atoms with van der Waals surface area (Å²) in [7, 11) is -2.44. The fourth-order valence-corrected chi connectivity index (χ4v) is 4.74. The Balaban J connectivity index is 1.90. The molecule has 2 aromatic carbocycles. The molecule has 1 heterocycles. The SMILES string of the molecule is COC(=O)c1ccc(S(=O)(=O)N2CCCC2c2ccc(F)cc2)cc1. The minimum absolute atomic E-state index is 0.120. The number of methoxy groups -OCH3 is 1. The van der Waals surface area contributed by atoms with Crippen LogP contribution in [0.1, 0.15) is 34.8 Å². The molecule has 0 amide bonds. The van der Waals surface area contributed by atoms with Crippen molar-refractivity contribution in [3.8, 4) is 0 Å². The minimum atomic E-state index is -3.71. The van der Waals surface area contributed by atoms with Crippen molar-refractivity contribution in [2.45, 2.75) is 23.8 Å². The molecule has 0 aliphatic carbocycles. The van der Waals surface area contributed by atoms with Crippen molar-refractivity contribution in [3.05, 3.63) is 65.5 Å². The molecule has 2 aromatic rings. The van der Waals surface area contributed by atoms with Crippen molar-refractivity contribution in [2.75, 3.05) is 13.7 Å². The van der Waals surface area contributed by atoms with Gasteiger partial charge in [0.2, 0.25) is 10.0 Å². The van der Waals surface area contributed by atoms with Crippen LogP contribution in [-0.2, 0) is 14.8 Å². The number of benzene rings is 2. The highest BCUT2D eigenvalue weighted by atomic mass is 32.2. The van der Waals surface area contributed by atoms with E-state index in [1.807, 2.05) is 0 Å². The van der Waals surface area contributed by atoms with Crippen LogP contribution in [-0.4, -0.2) is 32.3 Å². The number of hydrogen-bond donors (Lipinski definition) is 0. The van der Waals surface area contributed by atoms with E-state index >= 15 is 0 Å². The van der Waals surface area contributed by atoms with Gasteiger partial charge in [-0.2, -0.15) is 4.31 Å². The number of ether oxygens (including phenoxy) is 1. The maximum absolute atomic E-state index is 13.1. The van der Waals surface area contributed by atoms with E-state index in [9.17, 15) is 17.6 Å². The molecule has 1 aliphatic rings. The zero-order valence-electron chi connectivity index (χ0n) is 13.7. The van der Waals surface area contributed by atoms with Gasteiger partial charge in [-0.25, -0.2) is 17.6 Å². The first-order valence-corrected chi connectivity index (χ1v) is 9.33. The molecule has 5 nitrogen and oxygen atoms in total. The number of carbonyl (C=O) groups is 1. The molecule has 1 unspecified atom stereocenters. The maximum atomic E-state index is 13.1. The van der Waals surface area contributed by atoms with Gasteiger partial charge in [-0.1, -0.05) is 12.1 Å². The second-order valence-corrected chi connectivity index (χ2v) is 7.73. The van der Waals surface area contributed by atoms with Crippen molar-refractivity contribution in [1.82, 2.24) is 4.31 Å². The van der Waals surface area contributed by atoms with Gasteiger partial charge in [-0.05, 0) is 54.8 Å². The summed E-state index contributed by atoms with van der Waals surface area (Å²) < 4.78 is 45.1. The van der Waals surface area contributed by atoms with Crippen molar-refractivity contribution in [3.63, 3.8) is 0 Å². The largest absolute Gasteiger partial charge is 0.465 e. The van der Waals surface area contributed by atoms with E-state index in [2.05, 4.69) is 4.74 Å². The van der Waals surface area contributed by atoms with Gasteiger partial charge in [0.15, 0.2) is 0 Å². The molecule has 132 valence electrons. The van der Waals surface area contributed by atoms with E-state index in [4.69, 9.17) is 0 Å². The lowest BCUT2D eigenvalue weighted by atomic mass is 10.1. The van der Waals surface area contributed by atoms with Crippen LogP contribution in [0.4, 0.5) is 4.39 Å². The van der Waals surface area contributed by atoms with Crippen LogP contribution in [0.2, 0.25) is 0 Å². The van der Waals surface area contributed by atoms with Gasteiger partial charge in [-0.15, -0.1) is 0 Å². The van der Waals surface area contributed by atoms with Crippen LogP contribution >= 0.6 is 0 Å². The fourth-order valence-electron chi connectivity index (χ4n) is 3.06. The first-order chi connectivity index (χ1) is 11.9. The molecule has 0 aromatic heterocycles. The van der Waals surface area contributed by atoms with Crippen molar-refractivity contribution in [1.29, 1.82) is 0 Å². The predicted molar refractivity (Wildman–Crippen MR) is 90.0 cm³/mol. The highest BCUT2D eigenvalue weighted by Crippen LogP contribution is 2.36. The summed E-state index contributed by atoms with van der Waals surface area (Å²) in [5.74, 6) is -0.871. The zero-order valence-corrected chi connectivity index (χ0v) is 14.5. The highest BCUT2D eigenvalue weighted by Gasteiger charge is 2.36. The van der Waals surface area contributed by atoms with Crippen LogP contribution in [0.15, 0.2) is 53.4 Å². The quantitative estimate of drug-likeness (QED) is 0.783. The van der Waals surface area contributed by atoms with Crippen LogP contribution < -0.4 is 0 Å². The summed E-state index contributed by atoms with van der Waals surface area (Å²) in [6.45, 7) is 0.406. The van der Waals surface area contributed by atoms with E-state index in [0.717, 1.165) is 12.0 Å². The Morgan fingerprint density at radius 1 is 1.12 bits per heavy atom. The molecule has 0 bridgehead atoms. The van der Waals surface area contributed by atoms with E-state index in [1.165, 1.54) is 47.8 Å². The summed E-state index contributed by atoms with van der Waals surface area (Å²) in [6.07, 6.45) is 1.42. The van der Waals surface area contributed by atoms with E-state index in [-0.39, 0.29) is 22.3 Å². The third-order valence-electron chi connectivity index (χ3n) is 4.34. The van der Waals surface area contributed by atoms with Crippen molar-refractivity contribution >= 4 is 16.0 Å². The van der Waals surface area contributed by atoms with Gasteiger partial charge in [0.05, 0.1) is 23.6 Å². The molecule has 0 saturated carbocycles. The highest BCUT2D eigenvalue weighted by molar-refractivity contribution is 7.89. The lowest BCUT2D eigenvalue weighted by Crippen LogP contribution is -2.30. The predicted octanol–water partition coefficient (Wildman–Crippen LogP) is 3.14. The molecule has 3 rings (SSSR count). The molecule has 0 radical (unpaired) electrons. The van der Waals surface area contributed by atoms with Gasteiger partial charge < -0.3 is 4.74 Å². The van der Waals surface area contributed by atoms with Gasteiger partial charge >= 0.3 is 5.97 Å². The molecule has 1 aliphatic heterocycles. The number of halogens is 1. The molecule has 1 fully saturated rings. The van der Waals surface area contributed by atoms with Gasteiger partial charge in [-0.3, -0.25) is 0 Å². The first-order valence-electron chi connectivity index (χ1n) is 7.89. The molecular weight excluding hydrogens is 345 g/mol. The summed E-state index contributed by atoms with van der Waals surface area (Å²) >= 11 is 0. The Labute approximate surface area is 146 Å². The normalized spacial score (nSPS) is 18.2. The topological polar surface area (TPSA) is 63.7 Å². The lowest BCUT2D eigenvalue weighted by Gasteiger charge is -2.24. The summed E-state index contributed by atoms with van der Waals surface area (Å²) in [5.41, 5.74) is 1.06. The van der Waals surface area contributed by atoms with Gasteiger partial charge in [0, 0.05) is 6.54 Å². The third kappa shape index (κ3) is 3.43. The van der Waals surface area contributed by atoms with Crippen molar-refractivity contribution < 1.29 is 22.3 Å². The molecule has 0 N–H and O–H groups in total. The fraction of sp³-hybridized carbons (Fsp3) is 0.278. The number of sulfonamides is 1. The van der Waals surface area contributed by atoms with E-state index in [0.29, 0.717) is 13.0 Å². The number of esters is 1. The smallest absolute Gasteiger partial charge is 0.337 e. The molecule has 1 atom stereocenters. The summed E-state index contributed by atoms with van der Waals surface area (Å²) in [4.78, 5) is 11.6. The molecular formula is C18H18FNO4S. The number of nitrogens with zero attached hydrogens (tertiary/aromatic N) is 1. The molecule has 25 heavy (non-hydrogen) atoms. The van der Waals surface area contributed by atoms with Crippen molar-refractivity contribution in [2.24, 2.45) is 0 Å². The van der Waals surface area contributed by atoms with Crippen LogP contribution in [0.5, 0.6) is 0 Å². The Kier molecular flexibility index (Phi) is 4.87. The molecule has 0 spiro atoms. The maximum Gasteiger partial charge on any atom is 0.337 e. The number of rotatable bonds is 4. The van der Waals surface area contributed by atoms with Crippen LogP contribution in [0.3, 0.4) is 0 Å². The van der Waals surface area contributed by atoms with Gasteiger partial charge in [0.25, 0.3) is 0 Å². The van der Waals surface area contributed by atoms with Gasteiger partial charge in [0.1, 0.15) is 5.82 Å². The Hall–Kier alpha value is -2.25. The first kappa shape index (κ1) is 17.6. The summed E-state index contributed by atoms with van der Waals surface area (Å²) in [5, 5.41) is 0. The minimum Gasteiger partial charge on any atom is -0.465 e. The van der Waals surface area contributed by atoms with Crippen LogP contribution in [0, 0.1) is 5.82 Å². The standard InChI is InChI=1S/C18H18FNO4S/c1-24-18(21)14-6-10-16(11-7-14)25(22,23)20-12-2-3-17(20)13-4-8-15(19)9-5-13/h4-11,17H,2-3,12H2,1H3. The second-order valence-electron chi connectivity index (χ2n) is 5.84.